The molecule has 7 nitrogen and oxygen atoms in total. The molecule has 1 rings (SSSR count). The second kappa shape index (κ2) is 6.37. The number of halogens is 1. The molecule has 0 amide bonds. The van der Waals surface area contributed by atoms with Crippen LogP contribution >= 0.6 is 11.8 Å². The van der Waals surface area contributed by atoms with Crippen molar-refractivity contribution in [3.8, 4) is 0 Å². The summed E-state index contributed by atoms with van der Waals surface area (Å²) < 4.78 is 39.2. The number of rotatable bonds is 6. The fourth-order valence-electron chi connectivity index (χ4n) is 1.47. The Morgan fingerprint density at radius 1 is 1.50 bits per heavy atom. The lowest BCUT2D eigenvalue weighted by Gasteiger charge is -2.18. The van der Waals surface area contributed by atoms with E-state index in [0.29, 0.717) is 11.8 Å². The van der Waals surface area contributed by atoms with E-state index in [2.05, 4.69) is 0 Å². The third-order valence-corrected chi connectivity index (χ3v) is 5.09. The molecule has 1 aromatic rings. The van der Waals surface area contributed by atoms with Crippen molar-refractivity contribution in [3.05, 3.63) is 28.1 Å². The standard InChI is InChI=1S/C10H14FN3O4S2/c1-13(3-4-19-2)20(17,18)10-8(11)5-7(14(15)16)6-9(10)12/h5-6H,3-4,12H2,1-2H3. The van der Waals surface area contributed by atoms with Crippen LogP contribution in [0.4, 0.5) is 15.8 Å². The zero-order valence-electron chi connectivity index (χ0n) is 10.9. The van der Waals surface area contributed by atoms with Gasteiger partial charge in [0.05, 0.1) is 16.7 Å². The Morgan fingerprint density at radius 2 is 2.10 bits per heavy atom. The summed E-state index contributed by atoms with van der Waals surface area (Å²) in [5.74, 6) is -0.697. The fourth-order valence-corrected chi connectivity index (χ4v) is 3.35. The van der Waals surface area contributed by atoms with Crippen molar-refractivity contribution < 1.29 is 17.7 Å². The van der Waals surface area contributed by atoms with Gasteiger partial charge >= 0.3 is 0 Å². The van der Waals surface area contributed by atoms with E-state index >= 15 is 0 Å². The minimum Gasteiger partial charge on any atom is -0.397 e. The SMILES string of the molecule is CSCCN(C)S(=O)(=O)c1c(N)cc([N+](=O)[O-])cc1F. The van der Waals surface area contributed by atoms with E-state index in [1.807, 2.05) is 0 Å². The van der Waals surface area contributed by atoms with Gasteiger partial charge in [0, 0.05) is 25.4 Å². The Balaban J connectivity index is 3.29. The van der Waals surface area contributed by atoms with Crippen molar-refractivity contribution in [1.82, 2.24) is 4.31 Å². The van der Waals surface area contributed by atoms with Gasteiger partial charge in [0.25, 0.3) is 5.69 Å². The van der Waals surface area contributed by atoms with Gasteiger partial charge in [0.1, 0.15) is 4.90 Å². The molecule has 0 spiro atoms. The summed E-state index contributed by atoms with van der Waals surface area (Å²) in [7, 11) is -2.82. The summed E-state index contributed by atoms with van der Waals surface area (Å²) in [5.41, 5.74) is 4.39. The molecule has 0 unspecified atom stereocenters. The third-order valence-electron chi connectivity index (χ3n) is 2.55. The summed E-state index contributed by atoms with van der Waals surface area (Å²) in [6.07, 6.45) is 1.81. The van der Waals surface area contributed by atoms with Crippen LogP contribution in [0.3, 0.4) is 0 Å². The maximum absolute atomic E-state index is 13.9. The Kier molecular flexibility index (Phi) is 5.31. The van der Waals surface area contributed by atoms with Crippen molar-refractivity contribution in [2.24, 2.45) is 0 Å². The van der Waals surface area contributed by atoms with Crippen LogP contribution in [0.1, 0.15) is 0 Å². The second-order valence-electron chi connectivity index (χ2n) is 3.92. The molecule has 2 N–H and O–H groups in total. The van der Waals surface area contributed by atoms with E-state index in [0.717, 1.165) is 10.4 Å². The normalized spacial score (nSPS) is 11.8. The molecule has 0 saturated heterocycles. The number of nitrogens with zero attached hydrogens (tertiary/aromatic N) is 2. The maximum atomic E-state index is 13.9. The molecule has 0 atom stereocenters. The second-order valence-corrected chi connectivity index (χ2v) is 6.89. The average Bonchev–Trinajstić information content (AvgIpc) is 2.34. The number of benzene rings is 1. The summed E-state index contributed by atoms with van der Waals surface area (Å²) in [5, 5.41) is 10.6. The van der Waals surface area contributed by atoms with E-state index < -0.39 is 37.0 Å². The smallest absolute Gasteiger partial charge is 0.274 e. The Bertz CT molecular complexity index is 598. The highest BCUT2D eigenvalue weighted by Crippen LogP contribution is 2.29. The molecule has 0 aliphatic heterocycles. The Morgan fingerprint density at radius 3 is 2.55 bits per heavy atom. The van der Waals surface area contributed by atoms with Gasteiger partial charge < -0.3 is 5.73 Å². The highest BCUT2D eigenvalue weighted by molar-refractivity contribution is 7.98. The van der Waals surface area contributed by atoms with Gasteiger partial charge in [-0.25, -0.2) is 12.8 Å². The first-order valence-electron chi connectivity index (χ1n) is 5.40. The van der Waals surface area contributed by atoms with Crippen LogP contribution in [0.25, 0.3) is 0 Å². The molecule has 0 heterocycles. The first kappa shape index (κ1) is 16.7. The lowest BCUT2D eigenvalue weighted by Crippen LogP contribution is -2.30. The summed E-state index contributed by atoms with van der Waals surface area (Å²) >= 11 is 1.44. The number of hydrogen-bond acceptors (Lipinski definition) is 6. The minimum absolute atomic E-state index is 0.180. The zero-order chi connectivity index (χ0) is 15.5. The van der Waals surface area contributed by atoms with Crippen molar-refractivity contribution in [2.75, 3.05) is 31.3 Å². The lowest BCUT2D eigenvalue weighted by molar-refractivity contribution is -0.385. The molecule has 0 fully saturated rings. The highest BCUT2D eigenvalue weighted by atomic mass is 32.2. The molecule has 0 saturated carbocycles. The van der Waals surface area contributed by atoms with Gasteiger partial charge in [-0.05, 0) is 6.26 Å². The quantitative estimate of drug-likeness (QED) is 0.480. The van der Waals surface area contributed by atoms with E-state index in [1.54, 1.807) is 6.26 Å². The largest absolute Gasteiger partial charge is 0.397 e. The number of hydrogen-bond donors (Lipinski definition) is 1. The van der Waals surface area contributed by atoms with Crippen LogP contribution in [0.15, 0.2) is 17.0 Å². The first-order valence-corrected chi connectivity index (χ1v) is 8.24. The van der Waals surface area contributed by atoms with E-state index in [4.69, 9.17) is 5.73 Å². The number of nitro groups is 1. The molecule has 112 valence electrons. The van der Waals surface area contributed by atoms with Gasteiger partial charge in [-0.1, -0.05) is 0 Å². The van der Waals surface area contributed by atoms with E-state index in [1.165, 1.54) is 18.8 Å². The Labute approximate surface area is 120 Å². The molecule has 0 aromatic heterocycles. The summed E-state index contributed by atoms with van der Waals surface area (Å²) in [6.45, 7) is 0.180. The molecule has 20 heavy (non-hydrogen) atoms. The van der Waals surface area contributed by atoms with Crippen molar-refractivity contribution in [1.29, 1.82) is 0 Å². The van der Waals surface area contributed by atoms with E-state index in [9.17, 15) is 22.9 Å². The number of non-ortho nitro benzene ring substituents is 1. The minimum atomic E-state index is -4.12. The van der Waals surface area contributed by atoms with Crippen LogP contribution in [0.5, 0.6) is 0 Å². The predicted molar refractivity (Wildman–Crippen MR) is 75.7 cm³/mol. The predicted octanol–water partition coefficient (Wildman–Crippen LogP) is 1.30. The first-order chi connectivity index (χ1) is 9.21. The van der Waals surface area contributed by atoms with Gasteiger partial charge in [-0.2, -0.15) is 16.1 Å². The average molecular weight is 323 g/mol. The number of nitrogen functional groups attached to an aromatic ring is 1. The molecule has 10 heteroatoms. The third kappa shape index (κ3) is 3.38. The number of sulfonamides is 1. The number of nitro benzene ring substituents is 1. The zero-order valence-corrected chi connectivity index (χ0v) is 12.5. The van der Waals surface area contributed by atoms with Gasteiger partial charge in [-0.15, -0.1) is 0 Å². The Hall–Kier alpha value is -1.39. The summed E-state index contributed by atoms with van der Waals surface area (Å²) in [4.78, 5) is 8.99. The molecule has 0 bridgehead atoms. The van der Waals surface area contributed by atoms with Crippen molar-refractivity contribution in [2.45, 2.75) is 4.90 Å². The van der Waals surface area contributed by atoms with Gasteiger partial charge in [0.15, 0.2) is 5.82 Å². The number of anilines is 1. The molecular weight excluding hydrogens is 309 g/mol. The molecule has 0 aliphatic carbocycles. The highest BCUT2D eigenvalue weighted by Gasteiger charge is 2.29. The van der Waals surface area contributed by atoms with Crippen LogP contribution in [-0.2, 0) is 10.0 Å². The van der Waals surface area contributed by atoms with Crippen molar-refractivity contribution >= 4 is 33.2 Å². The lowest BCUT2D eigenvalue weighted by atomic mass is 10.3. The molecule has 0 aliphatic rings. The van der Waals surface area contributed by atoms with E-state index in [-0.39, 0.29) is 6.54 Å². The van der Waals surface area contributed by atoms with Crippen LogP contribution in [0.2, 0.25) is 0 Å². The number of nitrogens with two attached hydrogens (primary N) is 1. The van der Waals surface area contributed by atoms with Gasteiger partial charge in [-0.3, -0.25) is 10.1 Å². The molecule has 0 radical (unpaired) electrons. The monoisotopic (exact) mass is 323 g/mol. The van der Waals surface area contributed by atoms with Crippen LogP contribution in [-0.4, -0.2) is 43.2 Å². The molecule has 1 aromatic carbocycles. The van der Waals surface area contributed by atoms with Crippen LogP contribution < -0.4 is 5.73 Å². The summed E-state index contributed by atoms with van der Waals surface area (Å²) in [6, 6.07) is 1.38. The van der Waals surface area contributed by atoms with Gasteiger partial charge in [0.2, 0.25) is 10.0 Å². The number of thioether (sulfide) groups is 1. The van der Waals surface area contributed by atoms with Crippen LogP contribution in [0, 0.1) is 15.9 Å². The molecular formula is C10H14FN3O4S2. The topological polar surface area (TPSA) is 107 Å². The van der Waals surface area contributed by atoms with Crippen molar-refractivity contribution in [3.63, 3.8) is 0 Å². The maximum Gasteiger partial charge on any atom is 0.274 e. The fraction of sp³-hybridized carbons (Fsp3) is 0.400.